The molecule has 0 saturated carbocycles. The Morgan fingerprint density at radius 1 is 1.00 bits per heavy atom. The maximum Gasteiger partial charge on any atom is 0.282 e. The van der Waals surface area contributed by atoms with Gasteiger partial charge in [-0.2, -0.15) is 0 Å². The molecule has 0 aliphatic heterocycles. The summed E-state index contributed by atoms with van der Waals surface area (Å²) in [7, 11) is 0. The number of anilines is 2. The second-order valence-electron chi connectivity index (χ2n) is 4.58. The zero-order valence-corrected chi connectivity index (χ0v) is 13.1. The van der Waals surface area contributed by atoms with Gasteiger partial charge in [0.25, 0.3) is 5.69 Å². The van der Waals surface area contributed by atoms with Crippen molar-refractivity contribution in [3.8, 4) is 0 Å². The van der Waals surface area contributed by atoms with Crippen LogP contribution in [0, 0.1) is 13.7 Å². The van der Waals surface area contributed by atoms with Crippen LogP contribution in [0.3, 0.4) is 0 Å². The molecule has 0 aromatic heterocycles. The maximum atomic E-state index is 10.8. The molecule has 0 radical (unpaired) electrons. The molecule has 3 rings (SSSR count). The molecule has 1 N–H and O–H groups in total. The Labute approximate surface area is 135 Å². The maximum absolute atomic E-state index is 10.8. The van der Waals surface area contributed by atoms with Gasteiger partial charge in [0, 0.05) is 22.8 Å². The molecule has 5 heteroatoms. The van der Waals surface area contributed by atoms with Crippen molar-refractivity contribution in [3.05, 3.63) is 74.3 Å². The number of nitro benzene ring substituents is 1. The Morgan fingerprint density at radius 3 is 2.52 bits per heavy atom. The van der Waals surface area contributed by atoms with Crippen LogP contribution >= 0.6 is 22.6 Å². The normalized spacial score (nSPS) is 10.5. The van der Waals surface area contributed by atoms with E-state index in [-0.39, 0.29) is 10.6 Å². The van der Waals surface area contributed by atoms with Crippen molar-refractivity contribution in [2.45, 2.75) is 0 Å². The largest absolute Gasteiger partial charge is 0.355 e. The highest BCUT2D eigenvalue weighted by atomic mass is 127. The van der Waals surface area contributed by atoms with E-state index in [1.165, 1.54) is 6.07 Å². The standard InChI is InChI=1S/C16H11IN2O2/c17-14-10-12(8-9-16(14)19(20)21)18-15-7-3-5-11-4-1-2-6-13(11)15/h1-10,18H. The molecule has 0 unspecified atom stereocenters. The number of fused-ring (bicyclic) bond motifs is 1. The molecule has 0 atom stereocenters. The third kappa shape index (κ3) is 2.82. The summed E-state index contributed by atoms with van der Waals surface area (Å²) in [6, 6.07) is 19.2. The third-order valence-electron chi connectivity index (χ3n) is 3.21. The molecule has 0 saturated heterocycles. The number of halogens is 1. The lowest BCUT2D eigenvalue weighted by molar-refractivity contribution is -0.385. The van der Waals surface area contributed by atoms with Gasteiger partial charge in [-0.25, -0.2) is 0 Å². The molecular formula is C16H11IN2O2. The van der Waals surface area contributed by atoms with Crippen LogP contribution < -0.4 is 5.32 Å². The lowest BCUT2D eigenvalue weighted by Gasteiger charge is -2.10. The molecule has 104 valence electrons. The van der Waals surface area contributed by atoms with Gasteiger partial charge < -0.3 is 5.32 Å². The number of nitrogens with one attached hydrogen (secondary N) is 1. The highest BCUT2D eigenvalue weighted by molar-refractivity contribution is 14.1. The zero-order chi connectivity index (χ0) is 14.8. The highest BCUT2D eigenvalue weighted by Crippen LogP contribution is 2.29. The minimum atomic E-state index is -0.372. The summed E-state index contributed by atoms with van der Waals surface area (Å²) in [6.07, 6.45) is 0. The zero-order valence-electron chi connectivity index (χ0n) is 10.9. The van der Waals surface area contributed by atoms with E-state index in [9.17, 15) is 10.1 Å². The van der Waals surface area contributed by atoms with Gasteiger partial charge >= 0.3 is 0 Å². The SMILES string of the molecule is O=[N+]([O-])c1ccc(Nc2cccc3ccccc23)cc1I. The molecule has 3 aromatic rings. The second kappa shape index (κ2) is 5.69. The van der Waals surface area contributed by atoms with Gasteiger partial charge in [-0.05, 0) is 46.2 Å². The Morgan fingerprint density at radius 2 is 1.76 bits per heavy atom. The third-order valence-corrected chi connectivity index (χ3v) is 4.08. The number of nitrogens with zero attached hydrogens (tertiary/aromatic N) is 1. The Balaban J connectivity index is 1.99. The van der Waals surface area contributed by atoms with Crippen LogP contribution in [0.15, 0.2) is 60.7 Å². The minimum absolute atomic E-state index is 0.124. The van der Waals surface area contributed by atoms with Gasteiger partial charge in [0.05, 0.1) is 8.49 Å². The van der Waals surface area contributed by atoms with Crippen LogP contribution in [0.25, 0.3) is 10.8 Å². The van der Waals surface area contributed by atoms with Crippen LogP contribution in [0.5, 0.6) is 0 Å². The van der Waals surface area contributed by atoms with Crippen LogP contribution in [-0.4, -0.2) is 4.92 Å². The molecule has 0 amide bonds. The van der Waals surface area contributed by atoms with E-state index in [1.54, 1.807) is 12.1 Å². The van der Waals surface area contributed by atoms with E-state index in [4.69, 9.17) is 0 Å². The minimum Gasteiger partial charge on any atom is -0.355 e. The molecule has 0 spiro atoms. The van der Waals surface area contributed by atoms with Crippen molar-refractivity contribution < 1.29 is 4.92 Å². The summed E-state index contributed by atoms with van der Waals surface area (Å²) in [5, 5.41) is 16.4. The molecule has 3 aromatic carbocycles. The quantitative estimate of drug-likeness (QED) is 0.385. The predicted octanol–water partition coefficient (Wildman–Crippen LogP) is 5.10. The van der Waals surface area contributed by atoms with Crippen molar-refractivity contribution >= 4 is 50.4 Å². The van der Waals surface area contributed by atoms with Crippen LogP contribution in [0.4, 0.5) is 17.1 Å². The summed E-state index contributed by atoms with van der Waals surface area (Å²) in [5.74, 6) is 0. The average Bonchev–Trinajstić information content (AvgIpc) is 2.47. The first kappa shape index (κ1) is 13.8. The smallest absolute Gasteiger partial charge is 0.282 e. The van der Waals surface area contributed by atoms with Crippen LogP contribution in [-0.2, 0) is 0 Å². The van der Waals surface area contributed by atoms with Gasteiger partial charge in [0.2, 0.25) is 0 Å². The van der Waals surface area contributed by atoms with Crippen molar-refractivity contribution in [1.82, 2.24) is 0 Å². The van der Waals surface area contributed by atoms with E-state index in [0.717, 1.165) is 22.1 Å². The van der Waals surface area contributed by atoms with Crippen LogP contribution in [0.2, 0.25) is 0 Å². The Hall–Kier alpha value is -2.15. The molecule has 4 nitrogen and oxygen atoms in total. The molecule has 0 aliphatic carbocycles. The molecule has 0 fully saturated rings. The van der Waals surface area contributed by atoms with E-state index in [1.807, 2.05) is 52.9 Å². The highest BCUT2D eigenvalue weighted by Gasteiger charge is 2.11. The van der Waals surface area contributed by atoms with Gasteiger partial charge in [-0.1, -0.05) is 36.4 Å². The number of hydrogen-bond donors (Lipinski definition) is 1. The van der Waals surface area contributed by atoms with E-state index in [0.29, 0.717) is 3.57 Å². The van der Waals surface area contributed by atoms with Crippen LogP contribution in [0.1, 0.15) is 0 Å². The lowest BCUT2D eigenvalue weighted by atomic mass is 10.1. The van der Waals surface area contributed by atoms with E-state index in [2.05, 4.69) is 17.4 Å². The van der Waals surface area contributed by atoms with Gasteiger partial charge in [0.1, 0.15) is 0 Å². The summed E-state index contributed by atoms with van der Waals surface area (Å²) in [6.45, 7) is 0. The number of benzene rings is 3. The van der Waals surface area contributed by atoms with Crippen molar-refractivity contribution in [3.63, 3.8) is 0 Å². The monoisotopic (exact) mass is 390 g/mol. The summed E-state index contributed by atoms with van der Waals surface area (Å²) in [4.78, 5) is 10.5. The fourth-order valence-electron chi connectivity index (χ4n) is 2.22. The molecule has 0 aliphatic rings. The number of nitro groups is 1. The van der Waals surface area contributed by atoms with E-state index < -0.39 is 0 Å². The first-order chi connectivity index (χ1) is 10.1. The van der Waals surface area contributed by atoms with E-state index >= 15 is 0 Å². The van der Waals surface area contributed by atoms with Crippen molar-refractivity contribution in [1.29, 1.82) is 0 Å². The first-order valence-corrected chi connectivity index (χ1v) is 7.42. The Kier molecular flexibility index (Phi) is 3.74. The average molecular weight is 390 g/mol. The van der Waals surface area contributed by atoms with Gasteiger partial charge in [-0.3, -0.25) is 10.1 Å². The molecule has 0 heterocycles. The first-order valence-electron chi connectivity index (χ1n) is 6.34. The Bertz CT molecular complexity index is 828. The predicted molar refractivity (Wildman–Crippen MR) is 93.0 cm³/mol. The fourth-order valence-corrected chi connectivity index (χ4v) is 2.93. The fraction of sp³-hybridized carbons (Fsp3) is 0. The number of rotatable bonds is 3. The molecular weight excluding hydrogens is 379 g/mol. The van der Waals surface area contributed by atoms with Gasteiger partial charge in [0.15, 0.2) is 0 Å². The lowest BCUT2D eigenvalue weighted by Crippen LogP contribution is -1.95. The summed E-state index contributed by atoms with van der Waals surface area (Å²) >= 11 is 1.98. The number of hydrogen-bond acceptors (Lipinski definition) is 3. The summed E-state index contributed by atoms with van der Waals surface area (Å²) < 4.78 is 0.614. The second-order valence-corrected chi connectivity index (χ2v) is 5.74. The van der Waals surface area contributed by atoms with Crippen molar-refractivity contribution in [2.75, 3.05) is 5.32 Å². The topological polar surface area (TPSA) is 55.2 Å². The van der Waals surface area contributed by atoms with Crippen molar-refractivity contribution in [2.24, 2.45) is 0 Å². The summed E-state index contributed by atoms with van der Waals surface area (Å²) in [5.41, 5.74) is 1.94. The molecule has 21 heavy (non-hydrogen) atoms. The van der Waals surface area contributed by atoms with Gasteiger partial charge in [-0.15, -0.1) is 0 Å². The molecule has 0 bridgehead atoms.